The Hall–Kier alpha value is -3.41. The first-order valence-corrected chi connectivity index (χ1v) is 14.8. The number of hydrogen-bond donors (Lipinski definition) is 1. The second-order valence-corrected chi connectivity index (χ2v) is 11.7. The van der Waals surface area contributed by atoms with Crippen molar-refractivity contribution in [2.75, 3.05) is 5.32 Å². The zero-order chi connectivity index (χ0) is 27.5. The average Bonchev–Trinajstić information content (AvgIpc) is 3.45. The van der Waals surface area contributed by atoms with Gasteiger partial charge in [0, 0.05) is 52.7 Å². The van der Waals surface area contributed by atoms with Crippen LogP contribution in [0.15, 0.2) is 79.5 Å². The monoisotopic (exact) mass is 570 g/mol. The molecule has 5 nitrogen and oxygen atoms in total. The maximum Gasteiger partial charge on any atom is 0.227 e. The molecule has 2 aliphatic rings. The zero-order valence-electron chi connectivity index (χ0n) is 22.3. The number of hydrogen-bond acceptors (Lipinski definition) is 3. The molecule has 1 saturated carbocycles. The molecule has 0 spiro atoms. The number of allylic oxidation sites excluding steroid dienone is 1. The van der Waals surface area contributed by atoms with Crippen molar-refractivity contribution in [1.82, 2.24) is 14.5 Å². The highest BCUT2D eigenvalue weighted by molar-refractivity contribution is 6.31. The van der Waals surface area contributed by atoms with E-state index < -0.39 is 0 Å². The van der Waals surface area contributed by atoms with Crippen molar-refractivity contribution < 1.29 is 4.79 Å². The van der Waals surface area contributed by atoms with Gasteiger partial charge in [-0.3, -0.25) is 9.78 Å². The Labute approximate surface area is 245 Å². The lowest BCUT2D eigenvalue weighted by Crippen LogP contribution is -2.29. The predicted octanol–water partition coefficient (Wildman–Crippen LogP) is 8.50. The first-order chi connectivity index (χ1) is 19.5. The first kappa shape index (κ1) is 26.8. The van der Waals surface area contributed by atoms with Crippen molar-refractivity contribution in [3.05, 3.63) is 112 Å². The number of aromatic nitrogens is 3. The summed E-state index contributed by atoms with van der Waals surface area (Å²) in [6.07, 6.45) is 15.5. The van der Waals surface area contributed by atoms with E-state index in [-0.39, 0.29) is 17.7 Å². The van der Waals surface area contributed by atoms with Crippen LogP contribution in [0.5, 0.6) is 0 Å². The second-order valence-electron chi connectivity index (χ2n) is 10.9. The molecule has 2 aromatic heterocycles. The van der Waals surface area contributed by atoms with Crippen LogP contribution in [-0.4, -0.2) is 20.4 Å². The smallest absolute Gasteiger partial charge is 0.227 e. The van der Waals surface area contributed by atoms with Gasteiger partial charge in [0.15, 0.2) is 0 Å². The van der Waals surface area contributed by atoms with Gasteiger partial charge in [-0.2, -0.15) is 0 Å². The predicted molar refractivity (Wildman–Crippen MR) is 162 cm³/mol. The van der Waals surface area contributed by atoms with Crippen LogP contribution in [0.2, 0.25) is 10.0 Å². The highest BCUT2D eigenvalue weighted by atomic mass is 35.5. The third kappa shape index (κ3) is 5.86. The third-order valence-electron chi connectivity index (χ3n) is 8.34. The van der Waals surface area contributed by atoms with Crippen LogP contribution in [0, 0.1) is 11.8 Å². The molecule has 2 aromatic carbocycles. The topological polar surface area (TPSA) is 59.8 Å². The highest BCUT2D eigenvalue weighted by Gasteiger charge is 2.36. The lowest BCUT2D eigenvalue weighted by Gasteiger charge is -2.34. The van der Waals surface area contributed by atoms with E-state index in [9.17, 15) is 4.79 Å². The summed E-state index contributed by atoms with van der Waals surface area (Å²) in [6, 6.07) is 17.8. The Balaban J connectivity index is 1.23. The number of halogens is 2. The summed E-state index contributed by atoms with van der Waals surface area (Å²) in [5, 5.41) is 4.48. The molecule has 7 heteroatoms. The Bertz CT molecular complexity index is 1510. The maximum atomic E-state index is 13.1. The molecule has 40 heavy (non-hydrogen) atoms. The number of fused-ring (bicyclic) bond motifs is 2. The van der Waals surface area contributed by atoms with E-state index in [0.29, 0.717) is 10.9 Å². The normalized spacial score (nSPS) is 20.1. The van der Waals surface area contributed by atoms with Crippen LogP contribution in [0.1, 0.15) is 66.8 Å². The van der Waals surface area contributed by atoms with Crippen molar-refractivity contribution in [3.63, 3.8) is 0 Å². The van der Waals surface area contributed by atoms with Gasteiger partial charge in [0.05, 0.1) is 12.0 Å². The lowest BCUT2D eigenvalue weighted by molar-refractivity contribution is -0.121. The summed E-state index contributed by atoms with van der Waals surface area (Å²) in [6.45, 7) is 0.918. The van der Waals surface area contributed by atoms with E-state index in [1.807, 2.05) is 49.2 Å². The van der Waals surface area contributed by atoms with Crippen LogP contribution in [0.25, 0.3) is 11.6 Å². The molecular weight excluding hydrogens is 539 g/mol. The quantitative estimate of drug-likeness (QED) is 0.242. The number of aryl methyl sites for hydroxylation is 1. The van der Waals surface area contributed by atoms with Gasteiger partial charge in [-0.05, 0) is 109 Å². The first-order valence-electron chi connectivity index (χ1n) is 14.0. The Morgan fingerprint density at radius 2 is 1.77 bits per heavy atom. The highest BCUT2D eigenvalue weighted by Crippen LogP contribution is 2.47. The number of amides is 1. The van der Waals surface area contributed by atoms with Crippen molar-refractivity contribution in [3.8, 4) is 0 Å². The van der Waals surface area contributed by atoms with Gasteiger partial charge in [0.25, 0.3) is 0 Å². The molecule has 1 N–H and O–H groups in total. The van der Waals surface area contributed by atoms with Crippen LogP contribution in [-0.2, 0) is 11.3 Å². The molecule has 1 unspecified atom stereocenters. The van der Waals surface area contributed by atoms with E-state index in [1.165, 1.54) is 22.3 Å². The molecule has 0 aliphatic heterocycles. The fraction of sp³-hybridized carbons (Fsp3) is 0.303. The summed E-state index contributed by atoms with van der Waals surface area (Å²) in [4.78, 5) is 22.2. The number of pyridine rings is 1. The molecule has 2 aliphatic carbocycles. The minimum absolute atomic E-state index is 0.00228. The molecule has 4 aromatic rings. The minimum atomic E-state index is 0.00228. The number of carbonyl (C=O) groups excluding carboxylic acids is 1. The van der Waals surface area contributed by atoms with Crippen molar-refractivity contribution in [2.24, 2.45) is 11.8 Å². The molecule has 0 radical (unpaired) electrons. The van der Waals surface area contributed by atoms with Gasteiger partial charge in [0.1, 0.15) is 0 Å². The van der Waals surface area contributed by atoms with Crippen molar-refractivity contribution in [1.29, 1.82) is 0 Å². The van der Waals surface area contributed by atoms with Crippen LogP contribution < -0.4 is 5.32 Å². The number of rotatable bonds is 7. The van der Waals surface area contributed by atoms with E-state index in [4.69, 9.17) is 28.2 Å². The number of nitrogens with zero attached hydrogens (tertiary/aromatic N) is 3. The molecule has 2 heterocycles. The summed E-state index contributed by atoms with van der Waals surface area (Å²) in [7, 11) is 0. The van der Waals surface area contributed by atoms with E-state index in [0.717, 1.165) is 61.5 Å². The molecule has 0 bridgehead atoms. The SMILES string of the molecule is O=C(Nc1ccc(Cl)cc1)C1CCC(C2c3ccc(Cl)cc3C=C(CCCn3ccnc3)c3cccnc32)CC1. The van der Waals surface area contributed by atoms with Crippen molar-refractivity contribution in [2.45, 2.75) is 51.0 Å². The van der Waals surface area contributed by atoms with Gasteiger partial charge in [-0.1, -0.05) is 41.4 Å². The zero-order valence-corrected chi connectivity index (χ0v) is 23.8. The van der Waals surface area contributed by atoms with Gasteiger partial charge in [0.2, 0.25) is 5.91 Å². The van der Waals surface area contributed by atoms with Crippen LogP contribution in [0.3, 0.4) is 0 Å². The molecule has 1 amide bonds. The molecule has 204 valence electrons. The number of imidazole rings is 1. The molecule has 1 fully saturated rings. The molecular formula is C33H32Cl2N4O. The average molecular weight is 572 g/mol. The van der Waals surface area contributed by atoms with Gasteiger partial charge in [-0.15, -0.1) is 0 Å². The molecule has 1 atom stereocenters. The maximum absolute atomic E-state index is 13.1. The van der Waals surface area contributed by atoms with Gasteiger partial charge in [-0.25, -0.2) is 4.98 Å². The van der Waals surface area contributed by atoms with Crippen LogP contribution in [0.4, 0.5) is 5.69 Å². The molecule has 6 rings (SSSR count). The van der Waals surface area contributed by atoms with Crippen LogP contribution >= 0.6 is 23.2 Å². The second kappa shape index (κ2) is 12.0. The van der Waals surface area contributed by atoms with Crippen molar-refractivity contribution >= 4 is 46.4 Å². The summed E-state index contributed by atoms with van der Waals surface area (Å²) in [5.41, 5.74) is 6.92. The summed E-state index contributed by atoms with van der Waals surface area (Å²) in [5.74, 6) is 0.648. The number of benzene rings is 2. The summed E-state index contributed by atoms with van der Waals surface area (Å²) >= 11 is 12.5. The van der Waals surface area contributed by atoms with E-state index >= 15 is 0 Å². The van der Waals surface area contributed by atoms with Gasteiger partial charge < -0.3 is 9.88 Å². The Morgan fingerprint density at radius 1 is 0.975 bits per heavy atom. The van der Waals surface area contributed by atoms with E-state index in [1.54, 1.807) is 12.1 Å². The number of anilines is 1. The fourth-order valence-corrected chi connectivity index (χ4v) is 6.66. The van der Waals surface area contributed by atoms with Gasteiger partial charge >= 0.3 is 0 Å². The van der Waals surface area contributed by atoms with E-state index in [2.05, 4.69) is 39.1 Å². The number of carbonyl (C=O) groups is 1. The number of nitrogens with one attached hydrogen (secondary N) is 1. The minimum Gasteiger partial charge on any atom is -0.337 e. The lowest BCUT2D eigenvalue weighted by atomic mass is 9.71. The molecule has 0 saturated heterocycles. The third-order valence-corrected chi connectivity index (χ3v) is 8.83. The largest absolute Gasteiger partial charge is 0.337 e. The Kier molecular flexibility index (Phi) is 8.03. The standard InChI is InChI=1S/C33H32Cl2N4O/c34-26-9-12-28(13-10-26)38-33(40)23-7-5-22(6-8-23)31-29-14-11-27(35)20-25(29)19-24(30-4-1-15-37-32(30)31)3-2-17-39-18-16-36-21-39/h1,4,9-16,18-23,31H,2-3,5-8,17H2,(H,38,40). The summed E-state index contributed by atoms with van der Waals surface area (Å²) < 4.78 is 2.12. The fourth-order valence-electron chi connectivity index (χ4n) is 6.35. The Morgan fingerprint density at radius 3 is 2.55 bits per heavy atom.